The molecule has 0 spiro atoms. The van der Waals surface area contributed by atoms with Crippen LogP contribution in [0.3, 0.4) is 0 Å². The Kier molecular flexibility index (Phi) is 3.70. The Morgan fingerprint density at radius 1 is 1.73 bits per heavy atom. The Balaban J connectivity index is 2.19. The van der Waals surface area contributed by atoms with Gasteiger partial charge in [-0.1, -0.05) is 5.92 Å². The van der Waals surface area contributed by atoms with Gasteiger partial charge in [-0.05, 0) is 60.4 Å². The van der Waals surface area contributed by atoms with E-state index in [-0.39, 0.29) is 6.04 Å². The lowest BCUT2D eigenvalue weighted by atomic mass is 9.93. The molecule has 1 heterocycles. The quantitative estimate of drug-likeness (QED) is 0.647. The third-order valence-corrected chi connectivity index (χ3v) is 4.76. The number of hydrogen-bond acceptors (Lipinski definition) is 2. The van der Waals surface area contributed by atoms with Crippen LogP contribution >= 0.6 is 33.9 Å². The van der Waals surface area contributed by atoms with Crippen LogP contribution in [0.1, 0.15) is 36.2 Å². The molecule has 0 saturated carbocycles. The first-order valence-corrected chi connectivity index (χ1v) is 7.10. The van der Waals surface area contributed by atoms with Crippen molar-refractivity contribution < 1.29 is 0 Å². The highest BCUT2D eigenvalue weighted by molar-refractivity contribution is 14.1. The van der Waals surface area contributed by atoms with Crippen LogP contribution in [0.2, 0.25) is 0 Å². The summed E-state index contributed by atoms with van der Waals surface area (Å²) in [4.78, 5) is 1.55. The zero-order valence-corrected chi connectivity index (χ0v) is 11.7. The molecule has 0 bridgehead atoms. The largest absolute Gasteiger partial charge is 0.297 e. The molecular formula is C12H14INS. The van der Waals surface area contributed by atoms with Crippen LogP contribution < -0.4 is 5.32 Å². The summed E-state index contributed by atoms with van der Waals surface area (Å²) in [6.07, 6.45) is 9.14. The number of rotatable bonds is 2. The Labute approximate surface area is 109 Å². The summed E-state index contributed by atoms with van der Waals surface area (Å²) in [5, 5.41) is 3.51. The smallest absolute Gasteiger partial charge is 0.0663 e. The van der Waals surface area contributed by atoms with Crippen molar-refractivity contribution in [3.63, 3.8) is 0 Å². The number of hydrogen-bond donors (Lipinski definition) is 1. The maximum absolute atomic E-state index is 5.40. The Hall–Kier alpha value is -0.0500. The molecular weight excluding hydrogens is 317 g/mol. The molecule has 15 heavy (non-hydrogen) atoms. The van der Waals surface area contributed by atoms with Crippen LogP contribution in [0.5, 0.6) is 0 Å². The lowest BCUT2D eigenvalue weighted by Crippen LogP contribution is -2.31. The SMILES string of the molecule is C#CC(C)NC1CCCc2sc(I)cc21. The van der Waals surface area contributed by atoms with E-state index in [1.165, 1.54) is 27.7 Å². The van der Waals surface area contributed by atoms with Crippen molar-refractivity contribution in [2.45, 2.75) is 38.3 Å². The minimum absolute atomic E-state index is 0.165. The van der Waals surface area contributed by atoms with Crippen molar-refractivity contribution in [1.29, 1.82) is 0 Å². The minimum atomic E-state index is 0.165. The van der Waals surface area contributed by atoms with Gasteiger partial charge in [0.25, 0.3) is 0 Å². The van der Waals surface area contributed by atoms with E-state index >= 15 is 0 Å². The highest BCUT2D eigenvalue weighted by atomic mass is 127. The lowest BCUT2D eigenvalue weighted by molar-refractivity contribution is 0.448. The molecule has 0 radical (unpaired) electrons. The standard InChI is InChI=1S/C12H14INS/c1-3-8(2)14-10-5-4-6-11-9(10)7-12(13)15-11/h1,7-8,10,14H,4-6H2,2H3. The van der Waals surface area contributed by atoms with Gasteiger partial charge in [0.2, 0.25) is 0 Å². The van der Waals surface area contributed by atoms with E-state index in [0.717, 1.165) is 0 Å². The average molecular weight is 331 g/mol. The average Bonchev–Trinajstić information content (AvgIpc) is 2.59. The number of fused-ring (bicyclic) bond motifs is 1. The number of thiophene rings is 1. The highest BCUT2D eigenvalue weighted by Crippen LogP contribution is 2.36. The molecule has 0 aromatic carbocycles. The van der Waals surface area contributed by atoms with Crippen LogP contribution in [0, 0.1) is 15.2 Å². The summed E-state index contributed by atoms with van der Waals surface area (Å²) in [6, 6.07) is 2.94. The Bertz CT molecular complexity index is 391. The second kappa shape index (κ2) is 4.86. The number of terminal acetylenes is 1. The van der Waals surface area contributed by atoms with Gasteiger partial charge in [0.1, 0.15) is 0 Å². The van der Waals surface area contributed by atoms with Crippen LogP contribution in [-0.2, 0) is 6.42 Å². The van der Waals surface area contributed by atoms with Gasteiger partial charge in [0.15, 0.2) is 0 Å². The fourth-order valence-electron chi connectivity index (χ4n) is 2.04. The first-order valence-electron chi connectivity index (χ1n) is 5.21. The van der Waals surface area contributed by atoms with E-state index in [1.807, 2.05) is 18.3 Å². The molecule has 2 rings (SSSR count). The predicted octanol–water partition coefficient (Wildman–Crippen LogP) is 3.34. The van der Waals surface area contributed by atoms with E-state index in [2.05, 4.69) is 39.9 Å². The van der Waals surface area contributed by atoms with Crippen molar-refractivity contribution in [3.8, 4) is 12.3 Å². The molecule has 1 N–H and O–H groups in total. The molecule has 1 aromatic heterocycles. The van der Waals surface area contributed by atoms with Crippen LogP contribution in [0.4, 0.5) is 0 Å². The Morgan fingerprint density at radius 2 is 2.53 bits per heavy atom. The van der Waals surface area contributed by atoms with Gasteiger partial charge in [0.05, 0.1) is 8.93 Å². The van der Waals surface area contributed by atoms with Gasteiger partial charge in [-0.3, -0.25) is 5.32 Å². The van der Waals surface area contributed by atoms with E-state index < -0.39 is 0 Å². The maximum atomic E-state index is 5.40. The molecule has 0 fully saturated rings. The molecule has 1 aliphatic carbocycles. The molecule has 0 aliphatic heterocycles. The van der Waals surface area contributed by atoms with Crippen LogP contribution in [0.15, 0.2) is 6.07 Å². The van der Waals surface area contributed by atoms with E-state index in [1.54, 1.807) is 4.88 Å². The van der Waals surface area contributed by atoms with Gasteiger partial charge < -0.3 is 0 Å². The molecule has 2 unspecified atom stereocenters. The van der Waals surface area contributed by atoms with Crippen molar-refractivity contribution in [2.75, 3.05) is 0 Å². The number of nitrogens with one attached hydrogen (secondary N) is 1. The van der Waals surface area contributed by atoms with E-state index in [4.69, 9.17) is 6.42 Å². The summed E-state index contributed by atoms with van der Waals surface area (Å²) < 4.78 is 1.39. The summed E-state index contributed by atoms with van der Waals surface area (Å²) in [5.74, 6) is 2.74. The van der Waals surface area contributed by atoms with E-state index in [0.29, 0.717) is 6.04 Å². The third kappa shape index (κ3) is 2.55. The van der Waals surface area contributed by atoms with Crippen molar-refractivity contribution in [3.05, 3.63) is 19.4 Å². The van der Waals surface area contributed by atoms with Gasteiger partial charge in [-0.15, -0.1) is 17.8 Å². The van der Waals surface area contributed by atoms with Crippen LogP contribution in [-0.4, -0.2) is 6.04 Å². The molecule has 1 nitrogen and oxygen atoms in total. The van der Waals surface area contributed by atoms with Gasteiger partial charge in [0, 0.05) is 10.9 Å². The summed E-state index contributed by atoms with van der Waals surface area (Å²) in [6.45, 7) is 2.05. The maximum Gasteiger partial charge on any atom is 0.0663 e. The molecule has 0 amide bonds. The fourth-order valence-corrected chi connectivity index (χ4v) is 4.16. The van der Waals surface area contributed by atoms with Crippen molar-refractivity contribution in [2.24, 2.45) is 0 Å². The number of halogens is 1. The molecule has 1 aliphatic rings. The fraction of sp³-hybridized carbons (Fsp3) is 0.500. The van der Waals surface area contributed by atoms with E-state index in [9.17, 15) is 0 Å². The normalized spacial score (nSPS) is 21.8. The minimum Gasteiger partial charge on any atom is -0.297 e. The molecule has 3 heteroatoms. The van der Waals surface area contributed by atoms with Gasteiger partial charge >= 0.3 is 0 Å². The zero-order valence-electron chi connectivity index (χ0n) is 8.72. The van der Waals surface area contributed by atoms with Gasteiger partial charge in [-0.25, -0.2) is 0 Å². The lowest BCUT2D eigenvalue weighted by Gasteiger charge is -2.25. The highest BCUT2D eigenvalue weighted by Gasteiger charge is 2.22. The van der Waals surface area contributed by atoms with Crippen molar-refractivity contribution >= 4 is 33.9 Å². The summed E-state index contributed by atoms with van der Waals surface area (Å²) in [5.41, 5.74) is 1.48. The monoisotopic (exact) mass is 331 g/mol. The third-order valence-electron chi connectivity index (χ3n) is 2.78. The summed E-state index contributed by atoms with van der Waals surface area (Å²) in [7, 11) is 0. The molecule has 1 aromatic rings. The second-order valence-electron chi connectivity index (χ2n) is 3.93. The zero-order chi connectivity index (χ0) is 10.8. The molecule has 2 atom stereocenters. The Morgan fingerprint density at radius 3 is 3.27 bits per heavy atom. The van der Waals surface area contributed by atoms with Crippen molar-refractivity contribution in [1.82, 2.24) is 5.32 Å². The first-order chi connectivity index (χ1) is 7.20. The van der Waals surface area contributed by atoms with Crippen LogP contribution in [0.25, 0.3) is 0 Å². The van der Waals surface area contributed by atoms with Gasteiger partial charge in [-0.2, -0.15) is 0 Å². The number of aryl methyl sites for hydroxylation is 1. The predicted molar refractivity (Wildman–Crippen MR) is 74.1 cm³/mol. The topological polar surface area (TPSA) is 12.0 Å². The molecule has 0 saturated heterocycles. The first kappa shape index (κ1) is 11.4. The summed E-state index contributed by atoms with van der Waals surface area (Å²) >= 11 is 4.33. The molecule has 80 valence electrons. The second-order valence-corrected chi connectivity index (χ2v) is 6.96.